The Morgan fingerprint density at radius 1 is 0.955 bits per heavy atom. The average Bonchev–Trinajstić information content (AvgIpc) is 2.47. The lowest BCUT2D eigenvalue weighted by atomic mass is 10.1. The van der Waals surface area contributed by atoms with Gasteiger partial charge in [0.2, 0.25) is 5.91 Å². The molecular weight excluding hydrogens is 274 g/mol. The van der Waals surface area contributed by atoms with E-state index in [1.54, 1.807) is 0 Å². The predicted octanol–water partition coefficient (Wildman–Crippen LogP) is 4.32. The Labute approximate surface area is 137 Å². The number of nitrogens with two attached hydrogens (primary N) is 1. The van der Waals surface area contributed by atoms with Gasteiger partial charge in [-0.05, 0) is 19.3 Å². The summed E-state index contributed by atoms with van der Waals surface area (Å²) in [5.74, 6) is 5.80. The fourth-order valence-corrected chi connectivity index (χ4v) is 2.46. The zero-order valence-electron chi connectivity index (χ0n) is 14.4. The fourth-order valence-electron chi connectivity index (χ4n) is 2.46. The molecule has 0 bridgehead atoms. The molecule has 0 saturated carbocycles. The van der Waals surface area contributed by atoms with Gasteiger partial charge in [-0.25, -0.2) is 0 Å². The minimum absolute atomic E-state index is 0.176. The number of carbonyl (C=O) groups is 1. The third-order valence-corrected chi connectivity index (χ3v) is 3.81. The molecule has 22 heavy (non-hydrogen) atoms. The molecule has 0 heterocycles. The van der Waals surface area contributed by atoms with E-state index in [-0.39, 0.29) is 5.91 Å². The van der Waals surface area contributed by atoms with Gasteiger partial charge in [-0.1, -0.05) is 70.6 Å². The van der Waals surface area contributed by atoms with Gasteiger partial charge in [-0.3, -0.25) is 4.79 Å². The molecule has 0 aliphatic heterocycles. The van der Waals surface area contributed by atoms with Gasteiger partial charge in [0, 0.05) is 12.8 Å². The second-order valence-corrected chi connectivity index (χ2v) is 6.13. The zero-order chi connectivity index (χ0) is 16.5. The Morgan fingerprint density at radius 3 is 1.95 bits per heavy atom. The average molecular weight is 309 g/mol. The quantitative estimate of drug-likeness (QED) is 0.371. The molecule has 0 aliphatic rings. The van der Waals surface area contributed by atoms with Crippen molar-refractivity contribution < 1.29 is 9.90 Å². The van der Waals surface area contributed by atoms with Gasteiger partial charge >= 0.3 is 0 Å². The number of primary amides is 1. The standard InChI is InChI=1S/C19H35NO2/c1-2-15-18(21)16-13-11-9-7-5-3-4-6-8-10-12-14-17-19(20)22/h18,21H,2-12,14-15,17H2,1H3,(H2,20,22). The maximum Gasteiger partial charge on any atom is 0.217 e. The number of unbranched alkanes of at least 4 members (excludes halogenated alkanes) is 10. The molecule has 128 valence electrons. The van der Waals surface area contributed by atoms with E-state index in [0.717, 1.165) is 38.5 Å². The van der Waals surface area contributed by atoms with Gasteiger partial charge < -0.3 is 10.8 Å². The molecule has 0 saturated heterocycles. The SMILES string of the molecule is CCCC(O)C#CCCCCCCCCCCCCC(N)=O. The summed E-state index contributed by atoms with van der Waals surface area (Å²) in [6.07, 6.45) is 15.0. The highest BCUT2D eigenvalue weighted by Gasteiger charge is 1.96. The van der Waals surface area contributed by atoms with E-state index in [1.165, 1.54) is 44.9 Å². The van der Waals surface area contributed by atoms with Gasteiger partial charge in [-0.15, -0.1) is 5.92 Å². The topological polar surface area (TPSA) is 63.3 Å². The minimum atomic E-state index is -0.423. The zero-order valence-corrected chi connectivity index (χ0v) is 14.4. The predicted molar refractivity (Wildman–Crippen MR) is 93.3 cm³/mol. The van der Waals surface area contributed by atoms with Crippen LogP contribution in [0, 0.1) is 11.8 Å². The third-order valence-electron chi connectivity index (χ3n) is 3.81. The highest BCUT2D eigenvalue weighted by Crippen LogP contribution is 2.11. The van der Waals surface area contributed by atoms with Crippen molar-refractivity contribution in [2.24, 2.45) is 5.73 Å². The number of rotatable bonds is 14. The van der Waals surface area contributed by atoms with Crippen molar-refractivity contribution in [3.63, 3.8) is 0 Å². The summed E-state index contributed by atoms with van der Waals surface area (Å²) in [4.78, 5) is 10.6. The Morgan fingerprint density at radius 2 is 1.45 bits per heavy atom. The van der Waals surface area contributed by atoms with Gasteiger partial charge in [-0.2, -0.15) is 0 Å². The molecule has 0 rings (SSSR count). The van der Waals surface area contributed by atoms with Crippen LogP contribution in [-0.4, -0.2) is 17.1 Å². The molecule has 3 nitrogen and oxygen atoms in total. The molecule has 3 heteroatoms. The first-order valence-corrected chi connectivity index (χ1v) is 9.11. The van der Waals surface area contributed by atoms with Gasteiger partial charge in [0.05, 0.1) is 0 Å². The van der Waals surface area contributed by atoms with E-state index < -0.39 is 6.10 Å². The Bertz CT molecular complexity index is 317. The summed E-state index contributed by atoms with van der Waals surface area (Å²) < 4.78 is 0. The van der Waals surface area contributed by atoms with Crippen LogP contribution in [0.2, 0.25) is 0 Å². The smallest absolute Gasteiger partial charge is 0.217 e. The lowest BCUT2D eigenvalue weighted by Crippen LogP contribution is -2.09. The summed E-state index contributed by atoms with van der Waals surface area (Å²) in [6.45, 7) is 2.06. The fraction of sp³-hybridized carbons (Fsp3) is 0.842. The van der Waals surface area contributed by atoms with E-state index in [9.17, 15) is 9.90 Å². The summed E-state index contributed by atoms with van der Waals surface area (Å²) in [5.41, 5.74) is 5.10. The van der Waals surface area contributed by atoms with Crippen molar-refractivity contribution in [3.8, 4) is 11.8 Å². The Balaban J connectivity index is 3.16. The Hall–Kier alpha value is -1.01. The van der Waals surface area contributed by atoms with Crippen molar-refractivity contribution in [3.05, 3.63) is 0 Å². The maximum absolute atomic E-state index is 10.6. The highest BCUT2D eigenvalue weighted by molar-refractivity contribution is 5.73. The summed E-state index contributed by atoms with van der Waals surface area (Å²) >= 11 is 0. The largest absolute Gasteiger partial charge is 0.380 e. The van der Waals surface area contributed by atoms with Crippen molar-refractivity contribution >= 4 is 5.91 Å². The number of carbonyl (C=O) groups excluding carboxylic acids is 1. The number of hydrogen-bond donors (Lipinski definition) is 2. The van der Waals surface area contributed by atoms with Crippen molar-refractivity contribution in [2.45, 2.75) is 103 Å². The molecular formula is C19H35NO2. The van der Waals surface area contributed by atoms with Crippen LogP contribution < -0.4 is 5.73 Å². The summed E-state index contributed by atoms with van der Waals surface area (Å²) in [5, 5.41) is 9.46. The molecule has 1 amide bonds. The molecule has 0 aromatic rings. The molecule has 0 aliphatic carbocycles. The maximum atomic E-state index is 10.6. The van der Waals surface area contributed by atoms with Crippen LogP contribution in [0.5, 0.6) is 0 Å². The first kappa shape index (κ1) is 21.0. The van der Waals surface area contributed by atoms with E-state index in [2.05, 4.69) is 18.8 Å². The number of aliphatic hydroxyl groups is 1. The normalized spacial score (nSPS) is 11.7. The van der Waals surface area contributed by atoms with Gasteiger partial charge in [0.1, 0.15) is 6.10 Å². The number of amides is 1. The first-order valence-electron chi connectivity index (χ1n) is 9.11. The van der Waals surface area contributed by atoms with E-state index in [1.807, 2.05) is 0 Å². The van der Waals surface area contributed by atoms with Crippen LogP contribution in [0.4, 0.5) is 0 Å². The van der Waals surface area contributed by atoms with Crippen molar-refractivity contribution in [1.29, 1.82) is 0 Å². The minimum Gasteiger partial charge on any atom is -0.380 e. The van der Waals surface area contributed by atoms with Crippen molar-refractivity contribution in [2.75, 3.05) is 0 Å². The van der Waals surface area contributed by atoms with Crippen LogP contribution in [-0.2, 0) is 4.79 Å². The van der Waals surface area contributed by atoms with E-state index >= 15 is 0 Å². The lowest BCUT2D eigenvalue weighted by molar-refractivity contribution is -0.118. The van der Waals surface area contributed by atoms with Crippen molar-refractivity contribution in [1.82, 2.24) is 0 Å². The summed E-state index contributed by atoms with van der Waals surface area (Å²) in [6, 6.07) is 0. The number of aliphatic hydroxyl groups excluding tert-OH is 1. The van der Waals surface area contributed by atoms with Crippen LogP contribution in [0.3, 0.4) is 0 Å². The lowest BCUT2D eigenvalue weighted by Gasteiger charge is -2.02. The molecule has 0 fully saturated rings. The highest BCUT2D eigenvalue weighted by atomic mass is 16.3. The van der Waals surface area contributed by atoms with Crippen LogP contribution >= 0.6 is 0 Å². The molecule has 0 aromatic carbocycles. The van der Waals surface area contributed by atoms with Crippen LogP contribution in [0.15, 0.2) is 0 Å². The van der Waals surface area contributed by atoms with Crippen LogP contribution in [0.1, 0.15) is 96.8 Å². The third kappa shape index (κ3) is 17.0. The van der Waals surface area contributed by atoms with Crippen LogP contribution in [0.25, 0.3) is 0 Å². The number of hydrogen-bond acceptors (Lipinski definition) is 2. The molecule has 1 unspecified atom stereocenters. The van der Waals surface area contributed by atoms with E-state index in [0.29, 0.717) is 6.42 Å². The molecule has 0 spiro atoms. The van der Waals surface area contributed by atoms with E-state index in [4.69, 9.17) is 5.73 Å². The first-order chi connectivity index (χ1) is 10.7. The molecule has 0 radical (unpaired) electrons. The molecule has 0 aromatic heterocycles. The molecule has 1 atom stereocenters. The van der Waals surface area contributed by atoms with Gasteiger partial charge in [0.15, 0.2) is 0 Å². The summed E-state index contributed by atoms with van der Waals surface area (Å²) in [7, 11) is 0. The monoisotopic (exact) mass is 309 g/mol. The second-order valence-electron chi connectivity index (χ2n) is 6.13. The molecule has 3 N–H and O–H groups in total. The second kappa shape index (κ2) is 16.4. The Kier molecular flexibility index (Phi) is 15.6. The van der Waals surface area contributed by atoms with Gasteiger partial charge in [0.25, 0.3) is 0 Å².